The topological polar surface area (TPSA) is 22.1 Å². The Hall–Kier alpha value is -0.830. The van der Waals surface area contributed by atoms with E-state index in [2.05, 4.69) is 27.5 Å². The van der Waals surface area contributed by atoms with Gasteiger partial charge in [-0.25, -0.2) is 0 Å². The number of ether oxygens (including phenoxy) is 1. The molecule has 0 aliphatic rings. The highest BCUT2D eigenvalue weighted by Gasteiger charge is 1.94. The maximum Gasteiger partial charge on any atom is 0.139 e. The first kappa shape index (κ1) is 9.26. The zero-order chi connectivity index (χ0) is 8.97. The van der Waals surface area contributed by atoms with E-state index < -0.39 is 0 Å². The van der Waals surface area contributed by atoms with Crippen LogP contribution in [0, 0.1) is 0 Å². The van der Waals surface area contributed by atoms with Gasteiger partial charge in [-0.15, -0.1) is 0 Å². The van der Waals surface area contributed by atoms with Gasteiger partial charge in [0.15, 0.2) is 0 Å². The number of hydrogen-bond acceptors (Lipinski definition) is 2. The van der Waals surface area contributed by atoms with Gasteiger partial charge in [-0.05, 0) is 34.5 Å². The fourth-order valence-corrected chi connectivity index (χ4v) is 1.02. The first-order valence-electron chi connectivity index (χ1n) is 3.56. The summed E-state index contributed by atoms with van der Waals surface area (Å²) < 4.78 is 6.27. The molecular formula is C9H10BrNO. The summed E-state index contributed by atoms with van der Waals surface area (Å²) in [5.41, 5.74) is 0.995. The fourth-order valence-electron chi connectivity index (χ4n) is 0.678. The van der Waals surface area contributed by atoms with Gasteiger partial charge in [-0.2, -0.15) is 0 Å². The van der Waals surface area contributed by atoms with Crippen LogP contribution in [0.1, 0.15) is 6.92 Å². The smallest absolute Gasteiger partial charge is 0.139 e. The molecule has 12 heavy (non-hydrogen) atoms. The van der Waals surface area contributed by atoms with E-state index in [1.807, 2.05) is 13.0 Å². The van der Waals surface area contributed by atoms with Crippen LogP contribution in [0.4, 0.5) is 0 Å². The highest BCUT2D eigenvalue weighted by Crippen LogP contribution is 2.15. The third kappa shape index (κ3) is 3.05. The van der Waals surface area contributed by atoms with Crippen molar-refractivity contribution in [2.75, 3.05) is 6.61 Å². The number of nitrogens with zero attached hydrogens (tertiary/aromatic N) is 1. The average Bonchev–Trinajstić information content (AvgIpc) is 2.01. The third-order valence-corrected chi connectivity index (χ3v) is 1.60. The monoisotopic (exact) mass is 227 g/mol. The zero-order valence-corrected chi connectivity index (χ0v) is 8.47. The molecule has 1 heterocycles. The van der Waals surface area contributed by atoms with Crippen LogP contribution >= 0.6 is 15.9 Å². The molecule has 0 amide bonds. The van der Waals surface area contributed by atoms with Crippen LogP contribution in [0.5, 0.6) is 5.75 Å². The highest BCUT2D eigenvalue weighted by atomic mass is 79.9. The van der Waals surface area contributed by atoms with E-state index in [4.69, 9.17) is 4.74 Å². The molecule has 0 fully saturated rings. The molecular weight excluding hydrogens is 218 g/mol. The molecule has 1 rings (SSSR count). The second kappa shape index (κ2) is 4.26. The number of rotatable bonds is 3. The quantitative estimate of drug-likeness (QED) is 0.742. The first-order chi connectivity index (χ1) is 5.68. The molecule has 1 aromatic rings. The lowest BCUT2D eigenvalue weighted by atomic mass is 10.4. The standard InChI is InChI=1S/C9H10BrNO/c1-7(2)6-12-9-3-8(10)4-11-5-9/h3-5H,1,6H2,2H3. The average molecular weight is 228 g/mol. The summed E-state index contributed by atoms with van der Waals surface area (Å²) in [6.07, 6.45) is 3.39. The van der Waals surface area contributed by atoms with Crippen molar-refractivity contribution in [2.24, 2.45) is 0 Å². The summed E-state index contributed by atoms with van der Waals surface area (Å²) in [6.45, 7) is 6.20. The minimum absolute atomic E-state index is 0.540. The maximum atomic E-state index is 5.36. The van der Waals surface area contributed by atoms with E-state index >= 15 is 0 Å². The molecule has 0 spiro atoms. The Labute approximate surface area is 80.4 Å². The van der Waals surface area contributed by atoms with Gasteiger partial charge in [0.1, 0.15) is 12.4 Å². The number of hydrogen-bond donors (Lipinski definition) is 0. The normalized spacial score (nSPS) is 9.50. The van der Waals surface area contributed by atoms with Crippen molar-refractivity contribution in [1.82, 2.24) is 4.98 Å². The van der Waals surface area contributed by atoms with Gasteiger partial charge in [0, 0.05) is 10.7 Å². The Balaban J connectivity index is 2.57. The second-order valence-corrected chi connectivity index (χ2v) is 3.50. The van der Waals surface area contributed by atoms with E-state index in [-0.39, 0.29) is 0 Å². The summed E-state index contributed by atoms with van der Waals surface area (Å²) >= 11 is 3.30. The molecule has 0 atom stereocenters. The van der Waals surface area contributed by atoms with Crippen molar-refractivity contribution < 1.29 is 4.74 Å². The molecule has 64 valence electrons. The van der Waals surface area contributed by atoms with Gasteiger partial charge < -0.3 is 4.74 Å². The summed E-state index contributed by atoms with van der Waals surface area (Å²) in [5, 5.41) is 0. The van der Waals surface area contributed by atoms with Crippen LogP contribution in [-0.4, -0.2) is 11.6 Å². The highest BCUT2D eigenvalue weighted by molar-refractivity contribution is 9.10. The predicted octanol–water partition coefficient (Wildman–Crippen LogP) is 2.80. The van der Waals surface area contributed by atoms with Crippen molar-refractivity contribution in [3.63, 3.8) is 0 Å². The molecule has 0 aliphatic carbocycles. The van der Waals surface area contributed by atoms with Gasteiger partial charge in [-0.1, -0.05) is 6.58 Å². The Kier molecular flexibility index (Phi) is 3.29. The molecule has 0 bridgehead atoms. The van der Waals surface area contributed by atoms with Crippen molar-refractivity contribution in [2.45, 2.75) is 6.92 Å². The van der Waals surface area contributed by atoms with Crippen molar-refractivity contribution in [3.8, 4) is 5.75 Å². The summed E-state index contributed by atoms with van der Waals surface area (Å²) in [7, 11) is 0. The van der Waals surface area contributed by atoms with Crippen LogP contribution in [0.15, 0.2) is 35.1 Å². The molecule has 0 unspecified atom stereocenters. The molecule has 0 radical (unpaired) electrons. The molecule has 0 aliphatic heterocycles. The Morgan fingerprint density at radius 3 is 3.00 bits per heavy atom. The van der Waals surface area contributed by atoms with Crippen LogP contribution < -0.4 is 4.74 Å². The van der Waals surface area contributed by atoms with E-state index in [0.717, 1.165) is 15.8 Å². The Morgan fingerprint density at radius 1 is 1.67 bits per heavy atom. The van der Waals surface area contributed by atoms with E-state index in [0.29, 0.717) is 6.61 Å². The van der Waals surface area contributed by atoms with Gasteiger partial charge in [0.25, 0.3) is 0 Å². The van der Waals surface area contributed by atoms with E-state index in [9.17, 15) is 0 Å². The lowest BCUT2D eigenvalue weighted by molar-refractivity contribution is 0.351. The summed E-state index contributed by atoms with van der Waals surface area (Å²) in [6, 6.07) is 1.87. The van der Waals surface area contributed by atoms with Crippen LogP contribution in [0.2, 0.25) is 0 Å². The number of halogens is 1. The molecule has 2 nitrogen and oxygen atoms in total. The SMILES string of the molecule is C=C(C)COc1cncc(Br)c1. The lowest BCUT2D eigenvalue weighted by Gasteiger charge is -2.04. The molecule has 1 aromatic heterocycles. The second-order valence-electron chi connectivity index (χ2n) is 2.58. The van der Waals surface area contributed by atoms with Gasteiger partial charge in [-0.3, -0.25) is 4.98 Å². The molecule has 0 saturated heterocycles. The summed E-state index contributed by atoms with van der Waals surface area (Å²) in [5.74, 6) is 0.757. The Morgan fingerprint density at radius 2 is 2.42 bits per heavy atom. The minimum atomic E-state index is 0.540. The lowest BCUT2D eigenvalue weighted by Crippen LogP contribution is -1.97. The maximum absolute atomic E-state index is 5.36. The number of pyridine rings is 1. The van der Waals surface area contributed by atoms with E-state index in [1.54, 1.807) is 12.4 Å². The fraction of sp³-hybridized carbons (Fsp3) is 0.222. The zero-order valence-electron chi connectivity index (χ0n) is 6.88. The summed E-state index contributed by atoms with van der Waals surface area (Å²) in [4.78, 5) is 3.96. The first-order valence-corrected chi connectivity index (χ1v) is 4.35. The minimum Gasteiger partial charge on any atom is -0.488 e. The van der Waals surface area contributed by atoms with Gasteiger partial charge in [0.2, 0.25) is 0 Å². The largest absolute Gasteiger partial charge is 0.488 e. The van der Waals surface area contributed by atoms with Gasteiger partial charge in [0.05, 0.1) is 6.20 Å². The van der Waals surface area contributed by atoms with Crippen LogP contribution in [0.25, 0.3) is 0 Å². The van der Waals surface area contributed by atoms with Crippen molar-refractivity contribution in [1.29, 1.82) is 0 Å². The molecule has 0 aromatic carbocycles. The van der Waals surface area contributed by atoms with Crippen molar-refractivity contribution >= 4 is 15.9 Å². The Bertz CT molecular complexity index is 286. The number of aromatic nitrogens is 1. The van der Waals surface area contributed by atoms with Crippen LogP contribution in [-0.2, 0) is 0 Å². The molecule has 0 saturated carbocycles. The van der Waals surface area contributed by atoms with Gasteiger partial charge >= 0.3 is 0 Å². The van der Waals surface area contributed by atoms with Crippen LogP contribution in [0.3, 0.4) is 0 Å². The van der Waals surface area contributed by atoms with E-state index in [1.165, 1.54) is 0 Å². The van der Waals surface area contributed by atoms with Crippen molar-refractivity contribution in [3.05, 3.63) is 35.1 Å². The third-order valence-electron chi connectivity index (χ3n) is 1.17. The predicted molar refractivity (Wildman–Crippen MR) is 52.2 cm³/mol. The molecule has 0 N–H and O–H groups in total. The molecule has 3 heteroatoms.